The molecule has 2 aromatic carbocycles. The van der Waals surface area contributed by atoms with Crippen molar-refractivity contribution >= 4 is 23.8 Å². The molecule has 2 atom stereocenters. The maximum Gasteiger partial charge on any atom is 0.00589 e. The highest BCUT2D eigenvalue weighted by Gasteiger charge is 2.22. The molecule has 0 nitrogen and oxygen atoms in total. The zero-order valence-corrected chi connectivity index (χ0v) is 15.5. The normalized spacial score (nSPS) is 23.2. The average molecular weight is 336 g/mol. The van der Waals surface area contributed by atoms with Crippen molar-refractivity contribution in [1.82, 2.24) is 0 Å². The highest BCUT2D eigenvalue weighted by atomic mass is 14.3. The molecule has 0 amide bonds. The van der Waals surface area contributed by atoms with Crippen LogP contribution in [0.15, 0.2) is 65.8 Å². The molecule has 128 valence electrons. The Balaban J connectivity index is 1.58. The minimum Gasteiger partial charge on any atom is -0.0761 e. The molecule has 0 spiro atoms. The molecule has 0 saturated heterocycles. The third-order valence-electron chi connectivity index (χ3n) is 6.25. The minimum atomic E-state index is 0.514. The Morgan fingerprint density at radius 1 is 0.962 bits per heavy atom. The Kier molecular flexibility index (Phi) is 3.60. The summed E-state index contributed by atoms with van der Waals surface area (Å²) in [6, 6.07) is 15.5. The van der Waals surface area contributed by atoms with Gasteiger partial charge in [-0.15, -0.1) is 0 Å². The first kappa shape index (κ1) is 15.6. The standard InChI is InChI=1S/C26H24/c1-17-14-21-9-12-24-23-11-8-20(19-6-4-3-5-7-19)16-22(23)10-13-25(24)26(21)15-18(17)2/h3-9,11-15,18,20H,10,16H2,1-2H3/t18?,20-/m0/s1. The van der Waals surface area contributed by atoms with E-state index in [1.807, 2.05) is 0 Å². The number of allylic oxidation sites excluding steroid dienone is 5. The molecule has 3 aliphatic rings. The van der Waals surface area contributed by atoms with Gasteiger partial charge in [0.2, 0.25) is 0 Å². The van der Waals surface area contributed by atoms with Gasteiger partial charge in [-0.2, -0.15) is 0 Å². The zero-order chi connectivity index (χ0) is 17.7. The predicted molar refractivity (Wildman–Crippen MR) is 112 cm³/mol. The van der Waals surface area contributed by atoms with Gasteiger partial charge in [-0.1, -0.05) is 90.9 Å². The molecule has 0 N–H and O–H groups in total. The number of hydrogen-bond donors (Lipinski definition) is 0. The maximum absolute atomic E-state index is 2.46. The van der Waals surface area contributed by atoms with Crippen LogP contribution in [0.25, 0.3) is 23.8 Å². The molecule has 0 bridgehead atoms. The maximum atomic E-state index is 2.46. The molecule has 0 aromatic heterocycles. The van der Waals surface area contributed by atoms with Crippen molar-refractivity contribution in [2.45, 2.75) is 32.6 Å². The fourth-order valence-corrected chi connectivity index (χ4v) is 4.58. The minimum absolute atomic E-state index is 0.514. The van der Waals surface area contributed by atoms with E-state index < -0.39 is 0 Å². The third-order valence-corrected chi connectivity index (χ3v) is 6.25. The fraction of sp³-hybridized carbons (Fsp3) is 0.231. The summed E-state index contributed by atoms with van der Waals surface area (Å²) < 4.78 is 0. The van der Waals surface area contributed by atoms with Crippen molar-refractivity contribution < 1.29 is 0 Å². The number of rotatable bonds is 1. The summed E-state index contributed by atoms with van der Waals surface area (Å²) in [5.74, 6) is 1.04. The molecule has 26 heavy (non-hydrogen) atoms. The van der Waals surface area contributed by atoms with Gasteiger partial charge in [0.15, 0.2) is 0 Å². The summed E-state index contributed by atoms with van der Waals surface area (Å²) in [4.78, 5) is 0. The molecule has 2 aromatic rings. The lowest BCUT2D eigenvalue weighted by molar-refractivity contribution is 0.802. The van der Waals surface area contributed by atoms with Crippen LogP contribution in [0.3, 0.4) is 0 Å². The van der Waals surface area contributed by atoms with Crippen molar-refractivity contribution in [3.05, 3.63) is 92.9 Å². The van der Waals surface area contributed by atoms with Crippen LogP contribution >= 0.6 is 0 Å². The number of benzene rings is 2. The first-order chi connectivity index (χ1) is 12.7. The summed E-state index contributed by atoms with van der Waals surface area (Å²) in [6.45, 7) is 4.54. The van der Waals surface area contributed by atoms with Crippen molar-refractivity contribution in [2.75, 3.05) is 0 Å². The summed E-state index contributed by atoms with van der Waals surface area (Å²) in [7, 11) is 0. The first-order valence-corrected chi connectivity index (χ1v) is 9.69. The second kappa shape index (κ2) is 5.99. The Morgan fingerprint density at radius 3 is 2.65 bits per heavy atom. The van der Waals surface area contributed by atoms with Crippen LogP contribution in [0.1, 0.15) is 49.3 Å². The predicted octanol–water partition coefficient (Wildman–Crippen LogP) is 5.20. The molecule has 1 unspecified atom stereocenters. The number of fused-ring (bicyclic) bond motifs is 4. The lowest BCUT2D eigenvalue weighted by atomic mass is 9.78. The smallest absolute Gasteiger partial charge is 0.00589 e. The molecule has 0 aliphatic heterocycles. The van der Waals surface area contributed by atoms with E-state index in [4.69, 9.17) is 0 Å². The van der Waals surface area contributed by atoms with Gasteiger partial charge in [-0.3, -0.25) is 0 Å². The molecule has 0 radical (unpaired) electrons. The topological polar surface area (TPSA) is 0 Å². The molecule has 0 saturated carbocycles. The van der Waals surface area contributed by atoms with Gasteiger partial charge < -0.3 is 0 Å². The molecule has 0 fully saturated rings. The van der Waals surface area contributed by atoms with Crippen LogP contribution in [0.2, 0.25) is 0 Å². The van der Waals surface area contributed by atoms with Crippen LogP contribution in [-0.2, 0) is 0 Å². The molecule has 0 heterocycles. The summed E-state index contributed by atoms with van der Waals surface area (Å²) in [5, 5.41) is 2.88. The highest BCUT2D eigenvalue weighted by molar-refractivity contribution is 5.83. The Labute approximate surface area is 155 Å². The third kappa shape index (κ3) is 2.44. The molecule has 0 heteroatoms. The zero-order valence-electron chi connectivity index (χ0n) is 15.5. The average Bonchev–Trinajstić information content (AvgIpc) is 2.69. The van der Waals surface area contributed by atoms with E-state index in [0.717, 1.165) is 12.8 Å². The quantitative estimate of drug-likeness (QED) is 0.671. The Bertz CT molecular complexity index is 1090. The van der Waals surface area contributed by atoms with Gasteiger partial charge >= 0.3 is 0 Å². The summed E-state index contributed by atoms with van der Waals surface area (Å²) in [6.07, 6.45) is 14.3. The second-order valence-corrected chi connectivity index (χ2v) is 7.88. The van der Waals surface area contributed by atoms with Crippen molar-refractivity contribution in [3.8, 4) is 0 Å². The van der Waals surface area contributed by atoms with Crippen LogP contribution in [0.5, 0.6) is 0 Å². The largest absolute Gasteiger partial charge is 0.0761 e. The summed E-state index contributed by atoms with van der Waals surface area (Å²) in [5.41, 5.74) is 8.73. The van der Waals surface area contributed by atoms with Gasteiger partial charge in [-0.05, 0) is 58.4 Å². The van der Waals surface area contributed by atoms with E-state index in [1.54, 1.807) is 5.57 Å². The molecule has 5 rings (SSSR count). The molecular formula is C26H24. The molecular weight excluding hydrogens is 312 g/mol. The van der Waals surface area contributed by atoms with Crippen LogP contribution < -0.4 is 10.4 Å². The Hall–Kier alpha value is -2.60. The lowest BCUT2D eigenvalue weighted by Gasteiger charge is -2.26. The van der Waals surface area contributed by atoms with Gasteiger partial charge in [-0.25, -0.2) is 0 Å². The van der Waals surface area contributed by atoms with E-state index in [-0.39, 0.29) is 0 Å². The Morgan fingerprint density at radius 2 is 1.81 bits per heavy atom. The highest BCUT2D eigenvalue weighted by Crippen LogP contribution is 2.37. The van der Waals surface area contributed by atoms with E-state index >= 15 is 0 Å². The fourth-order valence-electron chi connectivity index (χ4n) is 4.58. The van der Waals surface area contributed by atoms with E-state index in [2.05, 4.69) is 86.7 Å². The van der Waals surface area contributed by atoms with Crippen molar-refractivity contribution in [2.24, 2.45) is 5.92 Å². The molecule has 3 aliphatic carbocycles. The monoisotopic (exact) mass is 336 g/mol. The van der Waals surface area contributed by atoms with Gasteiger partial charge in [0.25, 0.3) is 0 Å². The van der Waals surface area contributed by atoms with E-state index in [0.29, 0.717) is 11.8 Å². The second-order valence-electron chi connectivity index (χ2n) is 7.88. The van der Waals surface area contributed by atoms with Gasteiger partial charge in [0.1, 0.15) is 0 Å². The van der Waals surface area contributed by atoms with Crippen LogP contribution in [0.4, 0.5) is 0 Å². The van der Waals surface area contributed by atoms with E-state index in [9.17, 15) is 0 Å². The van der Waals surface area contributed by atoms with E-state index in [1.165, 1.54) is 38.3 Å². The van der Waals surface area contributed by atoms with Crippen LogP contribution in [0, 0.1) is 5.92 Å². The number of hydrogen-bond acceptors (Lipinski definition) is 0. The summed E-state index contributed by atoms with van der Waals surface area (Å²) >= 11 is 0. The SMILES string of the molecule is CC1=Cc2ccc3c(c2=CC1C)=CCC1=C3C=C[C@H](c2ccccc2)C1. The lowest BCUT2D eigenvalue weighted by Crippen LogP contribution is -2.34. The van der Waals surface area contributed by atoms with Crippen LogP contribution in [-0.4, -0.2) is 0 Å². The van der Waals surface area contributed by atoms with Crippen molar-refractivity contribution in [1.29, 1.82) is 0 Å². The first-order valence-electron chi connectivity index (χ1n) is 9.69. The van der Waals surface area contributed by atoms with Gasteiger partial charge in [0, 0.05) is 5.92 Å². The van der Waals surface area contributed by atoms with Gasteiger partial charge in [0.05, 0.1) is 0 Å². The van der Waals surface area contributed by atoms with Crippen molar-refractivity contribution in [3.63, 3.8) is 0 Å².